The third kappa shape index (κ3) is 4.53. The van der Waals surface area contributed by atoms with E-state index in [-0.39, 0.29) is 30.0 Å². The molecule has 2 heterocycles. The molecule has 1 aromatic carbocycles. The Morgan fingerprint density at radius 2 is 2.15 bits per heavy atom. The van der Waals surface area contributed by atoms with E-state index in [1.165, 1.54) is 12.7 Å². The van der Waals surface area contributed by atoms with Crippen molar-refractivity contribution in [2.45, 2.75) is 51.9 Å². The Kier molecular flexibility index (Phi) is 6.07. The average Bonchev–Trinajstić information content (AvgIpc) is 3.33. The van der Waals surface area contributed by atoms with E-state index in [1.807, 2.05) is 36.9 Å². The SMILES string of the molecule is C=C(O)[C@]1(C)CCN(Cc2cc(C(F)(F)F)c(N[C@H]3CCc4c(C)cccc43)nc2OC)C1. The van der Waals surface area contributed by atoms with Gasteiger partial charge in [-0.05, 0) is 55.5 Å². The molecule has 2 atom stereocenters. The van der Waals surface area contributed by atoms with Crippen LogP contribution in [0.5, 0.6) is 5.88 Å². The molecule has 0 saturated carbocycles. The maximum absolute atomic E-state index is 14.1. The normalized spacial score (nSPS) is 22.9. The van der Waals surface area contributed by atoms with E-state index in [0.717, 1.165) is 23.6 Å². The van der Waals surface area contributed by atoms with Gasteiger partial charge in [-0.2, -0.15) is 18.2 Å². The molecule has 33 heavy (non-hydrogen) atoms. The number of rotatable bonds is 6. The van der Waals surface area contributed by atoms with Gasteiger partial charge in [0.05, 0.1) is 24.5 Å². The number of benzene rings is 1. The minimum absolute atomic E-state index is 0.0951. The lowest BCUT2D eigenvalue weighted by Crippen LogP contribution is -2.26. The number of pyridine rings is 1. The lowest BCUT2D eigenvalue weighted by atomic mass is 9.88. The largest absolute Gasteiger partial charge is 0.512 e. The zero-order chi connectivity index (χ0) is 24.0. The standard InChI is InChI=1S/C25H30F3N3O2/c1-15-6-5-7-19-18(15)8-9-21(19)29-22-20(25(26,27)28)12-17(23(30-22)33-4)13-31-11-10-24(3,14-31)16(2)32/h5-7,12,21,32H,2,8-11,13-14H2,1,3-4H3,(H,29,30)/t21-,24+/m0/s1. The van der Waals surface area contributed by atoms with Crippen LogP contribution in [-0.4, -0.2) is 35.2 Å². The fourth-order valence-electron chi connectivity index (χ4n) is 4.97. The van der Waals surface area contributed by atoms with E-state index in [2.05, 4.69) is 16.9 Å². The molecular weight excluding hydrogens is 431 g/mol. The Hall–Kier alpha value is -2.74. The highest BCUT2D eigenvalue weighted by Gasteiger charge is 2.39. The molecule has 0 spiro atoms. The summed E-state index contributed by atoms with van der Waals surface area (Å²) in [5.74, 6) is 0.0551. The number of aliphatic hydroxyl groups is 1. The number of aliphatic hydroxyl groups excluding tert-OH is 1. The monoisotopic (exact) mass is 461 g/mol. The molecule has 1 saturated heterocycles. The van der Waals surface area contributed by atoms with E-state index in [4.69, 9.17) is 4.74 Å². The van der Waals surface area contributed by atoms with Crippen molar-refractivity contribution in [3.05, 3.63) is 64.4 Å². The van der Waals surface area contributed by atoms with Gasteiger partial charge in [0.1, 0.15) is 5.82 Å². The molecule has 2 N–H and O–H groups in total. The number of alkyl halides is 3. The summed E-state index contributed by atoms with van der Waals surface area (Å²) in [7, 11) is 1.42. The van der Waals surface area contributed by atoms with Gasteiger partial charge in [-0.25, -0.2) is 0 Å². The highest BCUT2D eigenvalue weighted by atomic mass is 19.4. The first kappa shape index (κ1) is 23.4. The van der Waals surface area contributed by atoms with Crippen LogP contribution in [0.25, 0.3) is 0 Å². The van der Waals surface area contributed by atoms with E-state index in [9.17, 15) is 18.3 Å². The number of hydrogen-bond donors (Lipinski definition) is 2. The van der Waals surface area contributed by atoms with Crippen LogP contribution < -0.4 is 10.1 Å². The van der Waals surface area contributed by atoms with Gasteiger partial charge in [-0.3, -0.25) is 4.90 Å². The summed E-state index contributed by atoms with van der Waals surface area (Å²) in [5, 5.41) is 12.9. The van der Waals surface area contributed by atoms with Crippen molar-refractivity contribution in [2.75, 3.05) is 25.5 Å². The molecule has 178 valence electrons. The predicted octanol–water partition coefficient (Wildman–Crippen LogP) is 5.80. The number of methoxy groups -OCH3 is 1. The Morgan fingerprint density at radius 3 is 2.79 bits per heavy atom. The van der Waals surface area contributed by atoms with Crippen molar-refractivity contribution < 1.29 is 23.0 Å². The molecule has 0 unspecified atom stereocenters. The Labute approximate surface area is 192 Å². The summed E-state index contributed by atoms with van der Waals surface area (Å²) in [6, 6.07) is 6.82. The van der Waals surface area contributed by atoms with Crippen molar-refractivity contribution in [3.63, 3.8) is 0 Å². The lowest BCUT2D eigenvalue weighted by Gasteiger charge is -2.25. The molecular formula is C25H30F3N3O2. The first-order valence-electron chi connectivity index (χ1n) is 11.1. The minimum atomic E-state index is -4.57. The third-order valence-corrected chi connectivity index (χ3v) is 7.02. The van der Waals surface area contributed by atoms with Gasteiger partial charge in [0.15, 0.2) is 0 Å². The van der Waals surface area contributed by atoms with E-state index < -0.39 is 17.2 Å². The van der Waals surface area contributed by atoms with Crippen LogP contribution in [-0.2, 0) is 19.1 Å². The molecule has 1 fully saturated rings. The highest BCUT2D eigenvalue weighted by molar-refractivity contribution is 5.54. The first-order chi connectivity index (χ1) is 15.5. The molecule has 5 nitrogen and oxygen atoms in total. The molecule has 0 radical (unpaired) electrons. The van der Waals surface area contributed by atoms with E-state index in [0.29, 0.717) is 31.5 Å². The molecule has 0 amide bonds. The van der Waals surface area contributed by atoms with Crippen molar-refractivity contribution in [2.24, 2.45) is 5.41 Å². The third-order valence-electron chi connectivity index (χ3n) is 7.02. The molecule has 2 aliphatic rings. The van der Waals surface area contributed by atoms with Crippen LogP contribution in [0.1, 0.15) is 53.6 Å². The Bertz CT molecular complexity index is 1070. The number of nitrogens with zero attached hydrogens (tertiary/aromatic N) is 2. The van der Waals surface area contributed by atoms with Crippen LogP contribution in [0.2, 0.25) is 0 Å². The minimum Gasteiger partial charge on any atom is -0.512 e. The van der Waals surface area contributed by atoms with Gasteiger partial charge < -0.3 is 15.2 Å². The molecule has 0 bridgehead atoms. The second-order valence-corrected chi connectivity index (χ2v) is 9.40. The predicted molar refractivity (Wildman–Crippen MR) is 121 cm³/mol. The molecule has 1 aliphatic heterocycles. The second-order valence-electron chi connectivity index (χ2n) is 9.40. The number of fused-ring (bicyclic) bond motifs is 1. The van der Waals surface area contributed by atoms with Crippen molar-refractivity contribution in [3.8, 4) is 5.88 Å². The molecule has 1 aromatic heterocycles. The molecule has 1 aliphatic carbocycles. The van der Waals surface area contributed by atoms with Gasteiger partial charge in [0, 0.05) is 24.1 Å². The molecule has 2 aromatic rings. The maximum Gasteiger partial charge on any atom is 0.419 e. The highest BCUT2D eigenvalue weighted by Crippen LogP contribution is 2.42. The number of aryl methyl sites for hydroxylation is 1. The van der Waals surface area contributed by atoms with Crippen molar-refractivity contribution in [1.29, 1.82) is 0 Å². The quantitative estimate of drug-likeness (QED) is 0.533. The summed E-state index contributed by atoms with van der Waals surface area (Å²) >= 11 is 0. The van der Waals surface area contributed by atoms with Gasteiger partial charge >= 0.3 is 6.18 Å². The number of nitrogens with one attached hydrogen (secondary N) is 1. The van der Waals surface area contributed by atoms with Crippen LogP contribution in [0, 0.1) is 12.3 Å². The van der Waals surface area contributed by atoms with Gasteiger partial charge in [0.25, 0.3) is 0 Å². The fourth-order valence-corrected chi connectivity index (χ4v) is 4.97. The van der Waals surface area contributed by atoms with Crippen LogP contribution in [0.15, 0.2) is 36.6 Å². The Morgan fingerprint density at radius 1 is 1.39 bits per heavy atom. The zero-order valence-corrected chi connectivity index (χ0v) is 19.2. The van der Waals surface area contributed by atoms with Gasteiger partial charge in [-0.15, -0.1) is 0 Å². The van der Waals surface area contributed by atoms with Gasteiger partial charge in [0.2, 0.25) is 5.88 Å². The van der Waals surface area contributed by atoms with Gasteiger partial charge in [-0.1, -0.05) is 31.7 Å². The van der Waals surface area contributed by atoms with Crippen molar-refractivity contribution >= 4 is 5.82 Å². The average molecular weight is 462 g/mol. The topological polar surface area (TPSA) is 57.6 Å². The second kappa shape index (κ2) is 8.56. The van der Waals surface area contributed by atoms with Crippen LogP contribution >= 0.6 is 0 Å². The number of anilines is 1. The summed E-state index contributed by atoms with van der Waals surface area (Å²) < 4.78 is 47.6. The van der Waals surface area contributed by atoms with Crippen LogP contribution in [0.4, 0.5) is 19.0 Å². The number of likely N-dealkylation sites (tertiary alicyclic amines) is 1. The number of hydrogen-bond acceptors (Lipinski definition) is 5. The number of ether oxygens (including phenoxy) is 1. The zero-order valence-electron chi connectivity index (χ0n) is 19.2. The summed E-state index contributed by atoms with van der Waals surface area (Å²) in [5.41, 5.74) is 2.46. The number of halogens is 3. The fraction of sp³-hybridized carbons (Fsp3) is 0.480. The summed E-state index contributed by atoms with van der Waals surface area (Å²) in [6.45, 7) is 8.96. The van der Waals surface area contributed by atoms with Crippen LogP contribution in [0.3, 0.4) is 0 Å². The lowest BCUT2D eigenvalue weighted by molar-refractivity contribution is -0.137. The summed E-state index contributed by atoms with van der Waals surface area (Å²) in [4.78, 5) is 6.27. The maximum atomic E-state index is 14.1. The number of aromatic nitrogens is 1. The summed E-state index contributed by atoms with van der Waals surface area (Å²) in [6.07, 6.45) is -2.35. The first-order valence-corrected chi connectivity index (χ1v) is 11.1. The Balaban J connectivity index is 1.64. The van der Waals surface area contributed by atoms with E-state index in [1.54, 1.807) is 0 Å². The smallest absolute Gasteiger partial charge is 0.419 e. The van der Waals surface area contributed by atoms with E-state index >= 15 is 0 Å². The molecule has 8 heteroatoms. The van der Waals surface area contributed by atoms with Crippen molar-refractivity contribution in [1.82, 2.24) is 9.88 Å². The molecule has 4 rings (SSSR count).